The number of carboxylic acids is 1. The lowest BCUT2D eigenvalue weighted by atomic mass is 9.82. The lowest BCUT2D eigenvalue weighted by Crippen LogP contribution is -2.49. The molecule has 0 radical (unpaired) electrons. The van der Waals surface area contributed by atoms with Crippen LogP contribution in [0.25, 0.3) is 10.9 Å². The average Bonchev–Trinajstić information content (AvgIpc) is 3.27. The van der Waals surface area contributed by atoms with E-state index in [9.17, 15) is 14.7 Å². The van der Waals surface area contributed by atoms with Gasteiger partial charge in [-0.25, -0.2) is 0 Å². The summed E-state index contributed by atoms with van der Waals surface area (Å²) in [7, 11) is 0. The Morgan fingerprint density at radius 2 is 1.91 bits per heavy atom. The van der Waals surface area contributed by atoms with Crippen molar-refractivity contribution in [1.29, 1.82) is 0 Å². The molecule has 7 nitrogen and oxygen atoms in total. The Labute approximate surface area is 202 Å². The standard InChI is InChI=1S/C28H27N3O4/c32-26-8-4-7-25-20-11-19(15-31(25)26)14-30(16-20)27(28(33)34)23-13-29-24-12-21(9-10-22(23)24)35-17-18-5-2-1-3-6-18/h1-10,12-13,19-20,27,29H,11,14-17H2,(H,33,34). The van der Waals surface area contributed by atoms with Crippen molar-refractivity contribution in [1.82, 2.24) is 14.5 Å². The van der Waals surface area contributed by atoms with Gasteiger partial charge in [0.25, 0.3) is 5.56 Å². The molecule has 4 heterocycles. The van der Waals surface area contributed by atoms with Crippen LogP contribution >= 0.6 is 0 Å². The number of benzene rings is 2. The van der Waals surface area contributed by atoms with Gasteiger partial charge in [-0.3, -0.25) is 14.5 Å². The Kier molecular flexibility index (Phi) is 5.41. The number of H-pyrrole nitrogens is 1. The van der Waals surface area contributed by atoms with E-state index >= 15 is 0 Å². The summed E-state index contributed by atoms with van der Waals surface area (Å²) in [5.74, 6) is 0.282. The van der Waals surface area contributed by atoms with Crippen molar-refractivity contribution < 1.29 is 14.6 Å². The van der Waals surface area contributed by atoms with Gasteiger partial charge in [-0.15, -0.1) is 0 Å². The minimum Gasteiger partial charge on any atom is -0.489 e. The van der Waals surface area contributed by atoms with Crippen LogP contribution in [0.5, 0.6) is 5.75 Å². The van der Waals surface area contributed by atoms with Gasteiger partial charge in [0.2, 0.25) is 0 Å². The van der Waals surface area contributed by atoms with E-state index < -0.39 is 12.0 Å². The Bertz CT molecular complexity index is 1440. The van der Waals surface area contributed by atoms with Gasteiger partial charge in [0, 0.05) is 66.0 Å². The summed E-state index contributed by atoms with van der Waals surface area (Å²) in [5, 5.41) is 11.2. The third kappa shape index (κ3) is 4.02. The molecule has 2 N–H and O–H groups in total. The zero-order chi connectivity index (χ0) is 23.9. The molecule has 35 heavy (non-hydrogen) atoms. The van der Waals surface area contributed by atoms with Gasteiger partial charge in [-0.1, -0.05) is 36.4 Å². The van der Waals surface area contributed by atoms with E-state index in [0.29, 0.717) is 26.2 Å². The molecule has 178 valence electrons. The second kappa shape index (κ2) is 8.74. The fraction of sp³-hybridized carbons (Fsp3) is 0.286. The van der Waals surface area contributed by atoms with Gasteiger partial charge in [0.1, 0.15) is 18.4 Å². The van der Waals surface area contributed by atoms with E-state index in [1.165, 1.54) is 0 Å². The molecule has 2 aliphatic heterocycles. The maximum absolute atomic E-state index is 12.6. The van der Waals surface area contributed by atoms with Crippen molar-refractivity contribution in [2.75, 3.05) is 13.1 Å². The molecular weight excluding hydrogens is 442 g/mol. The van der Waals surface area contributed by atoms with Crippen molar-refractivity contribution in [3.63, 3.8) is 0 Å². The number of pyridine rings is 1. The number of fused-ring (bicyclic) bond motifs is 5. The van der Waals surface area contributed by atoms with Crippen LogP contribution < -0.4 is 10.3 Å². The highest BCUT2D eigenvalue weighted by atomic mass is 16.5. The molecule has 2 aromatic carbocycles. The molecule has 1 saturated heterocycles. The summed E-state index contributed by atoms with van der Waals surface area (Å²) in [6, 6.07) is 20.4. The van der Waals surface area contributed by atoms with Crippen molar-refractivity contribution in [2.45, 2.75) is 31.5 Å². The average molecular weight is 470 g/mol. The summed E-state index contributed by atoms with van der Waals surface area (Å²) < 4.78 is 7.82. The molecule has 3 unspecified atom stereocenters. The molecule has 0 saturated carbocycles. The van der Waals surface area contributed by atoms with E-state index in [1.54, 1.807) is 12.1 Å². The SMILES string of the molecule is O=C(O)C(c1c[nH]c2cc(OCc3ccccc3)ccc12)N1CC2CC(C1)c1cccc(=O)n1C2. The predicted octanol–water partition coefficient (Wildman–Crippen LogP) is 4.15. The van der Waals surface area contributed by atoms with Crippen LogP contribution in [0.3, 0.4) is 0 Å². The molecule has 0 aliphatic carbocycles. The number of carbonyl (C=O) groups is 1. The molecule has 2 aliphatic rings. The number of hydrogen-bond donors (Lipinski definition) is 2. The Morgan fingerprint density at radius 3 is 2.74 bits per heavy atom. The first-order chi connectivity index (χ1) is 17.1. The lowest BCUT2D eigenvalue weighted by molar-refractivity contribution is -0.144. The molecule has 1 fully saturated rings. The van der Waals surface area contributed by atoms with Crippen LogP contribution in [-0.2, 0) is 17.9 Å². The predicted molar refractivity (Wildman–Crippen MR) is 133 cm³/mol. The van der Waals surface area contributed by atoms with Crippen molar-refractivity contribution in [3.8, 4) is 5.75 Å². The van der Waals surface area contributed by atoms with Gasteiger partial charge >= 0.3 is 5.97 Å². The maximum atomic E-state index is 12.6. The van der Waals surface area contributed by atoms with Crippen LogP contribution in [0.15, 0.2) is 77.7 Å². The smallest absolute Gasteiger partial charge is 0.325 e. The number of hydrogen-bond acceptors (Lipinski definition) is 4. The number of aromatic amines is 1. The number of likely N-dealkylation sites (tertiary alicyclic amines) is 1. The Hall–Kier alpha value is -3.84. The van der Waals surface area contributed by atoms with Crippen LogP contribution in [-0.4, -0.2) is 38.6 Å². The highest BCUT2D eigenvalue weighted by molar-refractivity contribution is 5.90. The first-order valence-corrected chi connectivity index (χ1v) is 12.0. The normalized spacial score (nSPS) is 20.3. The minimum absolute atomic E-state index is 0.0300. The Balaban J connectivity index is 1.27. The number of ether oxygens (including phenoxy) is 1. The first kappa shape index (κ1) is 21.7. The maximum Gasteiger partial charge on any atom is 0.325 e. The topological polar surface area (TPSA) is 87.6 Å². The van der Waals surface area contributed by atoms with Crippen LogP contribution in [0.2, 0.25) is 0 Å². The summed E-state index contributed by atoms with van der Waals surface area (Å²) >= 11 is 0. The highest BCUT2D eigenvalue weighted by Crippen LogP contribution is 2.40. The molecule has 7 heteroatoms. The third-order valence-electron chi connectivity index (χ3n) is 7.34. The first-order valence-electron chi connectivity index (χ1n) is 12.0. The number of aliphatic carboxylic acids is 1. The molecule has 3 atom stereocenters. The van der Waals surface area contributed by atoms with E-state index in [4.69, 9.17) is 4.74 Å². The van der Waals surface area contributed by atoms with Crippen LogP contribution in [0.1, 0.15) is 35.2 Å². The quantitative estimate of drug-likeness (QED) is 0.443. The summed E-state index contributed by atoms with van der Waals surface area (Å²) in [5.41, 5.74) is 3.74. The number of aromatic nitrogens is 2. The van der Waals surface area contributed by atoms with Crippen molar-refractivity contribution >= 4 is 16.9 Å². The van der Waals surface area contributed by atoms with Gasteiger partial charge in [-0.05, 0) is 36.1 Å². The largest absolute Gasteiger partial charge is 0.489 e. The fourth-order valence-corrected chi connectivity index (χ4v) is 5.81. The molecule has 2 bridgehead atoms. The highest BCUT2D eigenvalue weighted by Gasteiger charge is 2.40. The van der Waals surface area contributed by atoms with E-state index in [-0.39, 0.29) is 17.4 Å². The van der Waals surface area contributed by atoms with Gasteiger partial charge in [0.15, 0.2) is 0 Å². The van der Waals surface area contributed by atoms with Crippen molar-refractivity contribution in [2.24, 2.45) is 5.92 Å². The van der Waals surface area contributed by atoms with Crippen LogP contribution in [0.4, 0.5) is 0 Å². The molecule has 6 rings (SSSR count). The number of carboxylic acid groups (broad SMARTS) is 1. The van der Waals surface area contributed by atoms with Gasteiger partial charge in [0.05, 0.1) is 0 Å². The minimum atomic E-state index is -0.860. The van der Waals surface area contributed by atoms with E-state index in [2.05, 4.69) is 9.88 Å². The summed E-state index contributed by atoms with van der Waals surface area (Å²) in [6.45, 7) is 2.38. The third-order valence-corrected chi connectivity index (χ3v) is 7.34. The molecule has 4 aromatic rings. The Morgan fingerprint density at radius 1 is 1.06 bits per heavy atom. The number of nitrogens with one attached hydrogen (secondary N) is 1. The summed E-state index contributed by atoms with van der Waals surface area (Å²) in [4.78, 5) is 30.2. The number of rotatable bonds is 6. The van der Waals surface area contributed by atoms with Gasteiger partial charge < -0.3 is 19.4 Å². The molecular formula is C28H27N3O4. The van der Waals surface area contributed by atoms with Crippen molar-refractivity contribution in [3.05, 3.63) is 100 Å². The molecule has 0 amide bonds. The van der Waals surface area contributed by atoms with Crippen LogP contribution in [0, 0.1) is 5.92 Å². The monoisotopic (exact) mass is 469 g/mol. The molecule has 2 aromatic heterocycles. The van der Waals surface area contributed by atoms with E-state index in [1.807, 2.05) is 65.4 Å². The zero-order valence-corrected chi connectivity index (χ0v) is 19.3. The fourth-order valence-electron chi connectivity index (χ4n) is 5.81. The molecule has 0 spiro atoms. The number of piperidine rings is 1. The zero-order valence-electron chi connectivity index (χ0n) is 19.3. The van der Waals surface area contributed by atoms with E-state index in [0.717, 1.165) is 39.9 Å². The second-order valence-corrected chi connectivity index (χ2v) is 9.62. The van der Waals surface area contributed by atoms with Gasteiger partial charge in [-0.2, -0.15) is 0 Å². The lowest BCUT2D eigenvalue weighted by Gasteiger charge is -2.44. The second-order valence-electron chi connectivity index (χ2n) is 9.62. The summed E-state index contributed by atoms with van der Waals surface area (Å²) in [6.07, 6.45) is 2.80. The number of nitrogens with zero attached hydrogens (tertiary/aromatic N) is 2.